The minimum absolute atomic E-state index is 0.104. The number of aromatic nitrogens is 6. The van der Waals surface area contributed by atoms with Gasteiger partial charge in [-0.05, 0) is 48.9 Å². The van der Waals surface area contributed by atoms with Gasteiger partial charge < -0.3 is 4.98 Å². The lowest BCUT2D eigenvalue weighted by Crippen LogP contribution is -2.15. The van der Waals surface area contributed by atoms with Gasteiger partial charge in [0.15, 0.2) is 11.0 Å². The maximum absolute atomic E-state index is 12.6. The summed E-state index contributed by atoms with van der Waals surface area (Å²) in [6.45, 7) is 1.95. The van der Waals surface area contributed by atoms with Crippen LogP contribution in [-0.2, 0) is 5.75 Å². The van der Waals surface area contributed by atoms with Crippen LogP contribution in [0, 0.1) is 6.92 Å². The van der Waals surface area contributed by atoms with Crippen LogP contribution >= 0.6 is 23.4 Å². The Labute approximate surface area is 209 Å². The van der Waals surface area contributed by atoms with E-state index in [4.69, 9.17) is 11.6 Å². The normalized spacial score (nSPS) is 11.5. The molecule has 6 rings (SSSR count). The first kappa shape index (κ1) is 21.6. The Kier molecular flexibility index (Phi) is 5.39. The molecule has 0 spiro atoms. The Bertz CT molecular complexity index is 1750. The lowest BCUT2D eigenvalue weighted by atomic mass is 10.1. The van der Waals surface area contributed by atoms with Gasteiger partial charge in [0.05, 0.1) is 5.69 Å². The summed E-state index contributed by atoms with van der Waals surface area (Å²) in [4.78, 5) is 20.6. The Hall–Kier alpha value is -3.88. The zero-order valence-electron chi connectivity index (χ0n) is 18.6. The van der Waals surface area contributed by atoms with E-state index in [1.807, 2.05) is 72.3 Å². The predicted octanol–water partition coefficient (Wildman–Crippen LogP) is 5.68. The summed E-state index contributed by atoms with van der Waals surface area (Å²) in [6.07, 6.45) is 3.75. The second-order valence-electron chi connectivity index (χ2n) is 8.17. The summed E-state index contributed by atoms with van der Waals surface area (Å²) in [7, 11) is 0. The molecule has 0 fully saturated rings. The van der Waals surface area contributed by atoms with E-state index in [1.165, 1.54) is 11.8 Å². The lowest BCUT2D eigenvalue weighted by molar-refractivity contribution is 0.884. The molecule has 0 amide bonds. The van der Waals surface area contributed by atoms with E-state index in [0.29, 0.717) is 33.1 Å². The van der Waals surface area contributed by atoms with Crippen LogP contribution in [0.25, 0.3) is 33.6 Å². The highest BCUT2D eigenvalue weighted by Gasteiger charge is 2.19. The van der Waals surface area contributed by atoms with E-state index < -0.39 is 0 Å². The van der Waals surface area contributed by atoms with Gasteiger partial charge in [0.1, 0.15) is 5.65 Å². The van der Waals surface area contributed by atoms with Crippen LogP contribution < -0.4 is 5.56 Å². The van der Waals surface area contributed by atoms with E-state index >= 15 is 0 Å². The van der Waals surface area contributed by atoms with E-state index in [9.17, 15) is 4.79 Å². The van der Waals surface area contributed by atoms with Crippen molar-refractivity contribution in [1.82, 2.24) is 29.1 Å². The first-order chi connectivity index (χ1) is 17.1. The van der Waals surface area contributed by atoms with E-state index in [1.54, 1.807) is 16.7 Å². The number of hydrogen-bond acceptors (Lipinski definition) is 5. The van der Waals surface area contributed by atoms with Gasteiger partial charge in [-0.2, -0.15) is 0 Å². The van der Waals surface area contributed by atoms with E-state index in [-0.39, 0.29) is 5.56 Å². The molecular formula is C26H19ClN6OS. The summed E-state index contributed by atoms with van der Waals surface area (Å²) in [6, 6.07) is 21.0. The second kappa shape index (κ2) is 8.72. The molecule has 0 bridgehead atoms. The highest BCUT2D eigenvalue weighted by Crippen LogP contribution is 2.33. The first-order valence-corrected chi connectivity index (χ1v) is 12.3. The number of thioether (sulfide) groups is 1. The summed E-state index contributed by atoms with van der Waals surface area (Å²) in [5, 5.41) is 11.5. The fourth-order valence-electron chi connectivity index (χ4n) is 4.09. The Morgan fingerprint density at radius 2 is 1.86 bits per heavy atom. The zero-order valence-corrected chi connectivity index (χ0v) is 20.2. The molecule has 0 aliphatic heterocycles. The van der Waals surface area contributed by atoms with Gasteiger partial charge in [0.25, 0.3) is 5.56 Å². The summed E-state index contributed by atoms with van der Waals surface area (Å²) < 4.78 is 3.57. The molecular weight excluding hydrogens is 480 g/mol. The van der Waals surface area contributed by atoms with Crippen LogP contribution in [0.4, 0.5) is 0 Å². The quantitative estimate of drug-likeness (QED) is 0.309. The van der Waals surface area contributed by atoms with Crippen LogP contribution in [0.5, 0.6) is 0 Å². The minimum atomic E-state index is -0.104. The molecule has 35 heavy (non-hydrogen) atoms. The predicted molar refractivity (Wildman–Crippen MR) is 139 cm³/mol. The third kappa shape index (κ3) is 4.00. The van der Waals surface area contributed by atoms with Gasteiger partial charge in [-0.3, -0.25) is 13.8 Å². The number of halogens is 1. The van der Waals surface area contributed by atoms with Gasteiger partial charge in [0.2, 0.25) is 0 Å². The van der Waals surface area contributed by atoms with Crippen LogP contribution in [0.3, 0.4) is 0 Å². The fourth-order valence-corrected chi connectivity index (χ4v) is 5.06. The lowest BCUT2D eigenvalue weighted by Gasteiger charge is -2.10. The fraction of sp³-hybridized carbons (Fsp3) is 0.0769. The maximum Gasteiger partial charge on any atom is 0.258 e. The van der Waals surface area contributed by atoms with E-state index in [0.717, 1.165) is 27.7 Å². The number of rotatable bonds is 5. The number of H-pyrrole nitrogens is 1. The van der Waals surface area contributed by atoms with Gasteiger partial charge in [0, 0.05) is 51.4 Å². The molecule has 6 aromatic rings. The molecule has 9 heteroatoms. The standard InChI is InChI=1S/C26H19ClN6OS/c1-16-6-11-23-29-18(12-24(34)32(23)14-16)15-35-26-31-30-25(33(26)19-9-7-17(27)8-10-19)21-13-28-22-5-3-2-4-20(21)22/h2-14,28H,15H2,1H3. The molecule has 7 nitrogen and oxygen atoms in total. The van der Waals surface area contributed by atoms with Crippen molar-refractivity contribution >= 4 is 39.9 Å². The number of benzene rings is 2. The number of pyridine rings is 1. The second-order valence-corrected chi connectivity index (χ2v) is 9.55. The topological polar surface area (TPSA) is 80.9 Å². The first-order valence-electron chi connectivity index (χ1n) is 11.0. The number of para-hydroxylation sites is 1. The molecule has 0 unspecified atom stereocenters. The number of nitrogens with zero attached hydrogens (tertiary/aromatic N) is 5. The van der Waals surface area contributed by atoms with Crippen molar-refractivity contribution in [3.05, 3.63) is 106 Å². The van der Waals surface area contributed by atoms with Crippen LogP contribution in [0.15, 0.2) is 89.1 Å². The van der Waals surface area contributed by atoms with E-state index in [2.05, 4.69) is 26.2 Å². The Morgan fingerprint density at radius 1 is 1.03 bits per heavy atom. The molecule has 2 aromatic carbocycles. The van der Waals surface area contributed by atoms with Crippen LogP contribution in [-0.4, -0.2) is 29.1 Å². The third-order valence-corrected chi connectivity index (χ3v) is 6.97. The van der Waals surface area contributed by atoms with Crippen molar-refractivity contribution in [3.63, 3.8) is 0 Å². The zero-order chi connectivity index (χ0) is 23.9. The number of nitrogens with one attached hydrogen (secondary N) is 1. The summed E-state index contributed by atoms with van der Waals surface area (Å²) in [5.41, 5.74) is 5.08. The highest BCUT2D eigenvalue weighted by atomic mass is 35.5. The molecule has 0 saturated carbocycles. The average Bonchev–Trinajstić information content (AvgIpc) is 3.48. The molecule has 1 N–H and O–H groups in total. The number of fused-ring (bicyclic) bond motifs is 2. The molecule has 0 radical (unpaired) electrons. The van der Waals surface area contributed by atoms with Gasteiger partial charge in [-0.1, -0.05) is 47.6 Å². The SMILES string of the molecule is Cc1ccc2nc(CSc3nnc(-c4c[nH]c5ccccc45)n3-c3ccc(Cl)cc3)cc(=O)n2c1. The van der Waals surface area contributed by atoms with Crippen molar-refractivity contribution in [2.24, 2.45) is 0 Å². The van der Waals surface area contributed by atoms with Crippen LogP contribution in [0.2, 0.25) is 5.02 Å². The van der Waals surface area contributed by atoms with Gasteiger partial charge >= 0.3 is 0 Å². The molecule has 172 valence electrons. The van der Waals surface area contributed by atoms with Crippen LogP contribution in [0.1, 0.15) is 11.3 Å². The Morgan fingerprint density at radius 3 is 2.71 bits per heavy atom. The third-order valence-electron chi connectivity index (χ3n) is 5.76. The average molecular weight is 499 g/mol. The van der Waals surface area contributed by atoms with Gasteiger partial charge in [-0.15, -0.1) is 10.2 Å². The molecule has 0 saturated heterocycles. The van der Waals surface area contributed by atoms with Crippen molar-refractivity contribution in [2.75, 3.05) is 0 Å². The van der Waals surface area contributed by atoms with Crippen molar-refractivity contribution in [1.29, 1.82) is 0 Å². The highest BCUT2D eigenvalue weighted by molar-refractivity contribution is 7.98. The number of aromatic amines is 1. The molecule has 0 aliphatic carbocycles. The summed E-state index contributed by atoms with van der Waals surface area (Å²) >= 11 is 7.63. The molecule has 4 aromatic heterocycles. The Balaban J connectivity index is 1.42. The summed E-state index contributed by atoms with van der Waals surface area (Å²) in [5.74, 6) is 1.19. The van der Waals surface area contributed by atoms with Crippen molar-refractivity contribution < 1.29 is 0 Å². The smallest absolute Gasteiger partial charge is 0.258 e. The molecule has 4 heterocycles. The van der Waals surface area contributed by atoms with Gasteiger partial charge in [-0.25, -0.2) is 4.98 Å². The van der Waals surface area contributed by atoms with Crippen molar-refractivity contribution in [3.8, 4) is 17.1 Å². The van der Waals surface area contributed by atoms with Crippen molar-refractivity contribution in [2.45, 2.75) is 17.8 Å². The monoisotopic (exact) mass is 498 g/mol. The molecule has 0 aliphatic rings. The minimum Gasteiger partial charge on any atom is -0.360 e. The number of hydrogen-bond donors (Lipinski definition) is 1. The largest absolute Gasteiger partial charge is 0.360 e. The molecule has 0 atom stereocenters. The maximum atomic E-state index is 12.6. The number of aryl methyl sites for hydroxylation is 1.